The average molecular weight is 530 g/mol. The highest BCUT2D eigenvalue weighted by molar-refractivity contribution is 5.87. The summed E-state index contributed by atoms with van der Waals surface area (Å²) in [7, 11) is 1.64. The van der Waals surface area contributed by atoms with E-state index in [1.54, 1.807) is 12.0 Å². The molecule has 1 aliphatic carbocycles. The van der Waals surface area contributed by atoms with Gasteiger partial charge < -0.3 is 28.9 Å². The first-order chi connectivity index (χ1) is 19.1. The highest BCUT2D eigenvalue weighted by Crippen LogP contribution is 2.34. The van der Waals surface area contributed by atoms with Crippen molar-refractivity contribution < 1.29 is 23.8 Å². The number of methoxy groups -OCH3 is 1. The van der Waals surface area contributed by atoms with E-state index in [1.807, 2.05) is 59.5 Å². The second-order valence-electron chi connectivity index (χ2n) is 10.0. The van der Waals surface area contributed by atoms with Gasteiger partial charge in [-0.05, 0) is 54.8 Å². The molecule has 1 aromatic heterocycles. The van der Waals surface area contributed by atoms with Gasteiger partial charge in [-0.15, -0.1) is 10.2 Å². The van der Waals surface area contributed by atoms with Crippen LogP contribution in [0.4, 0.5) is 5.82 Å². The Kier molecular flexibility index (Phi) is 6.91. The molecule has 10 nitrogen and oxygen atoms in total. The molecule has 6 rings (SSSR count). The van der Waals surface area contributed by atoms with Crippen molar-refractivity contribution in [3.05, 3.63) is 60.2 Å². The Labute approximate surface area is 227 Å². The molecule has 3 aromatic rings. The van der Waals surface area contributed by atoms with Gasteiger partial charge in [0.15, 0.2) is 17.3 Å². The lowest BCUT2D eigenvalue weighted by molar-refractivity contribution is -0.142. The lowest BCUT2D eigenvalue weighted by atomic mass is 10.1. The number of piperazine rings is 1. The molecule has 2 aromatic carbocycles. The van der Waals surface area contributed by atoms with Gasteiger partial charge in [-0.3, -0.25) is 9.59 Å². The maximum Gasteiger partial charge on any atom is 0.242 e. The Hall–Kier alpha value is -4.34. The fraction of sp³-hybridized carbons (Fsp3) is 0.379. The minimum absolute atomic E-state index is 0.0298. The van der Waals surface area contributed by atoms with Crippen molar-refractivity contribution in [2.24, 2.45) is 5.92 Å². The summed E-state index contributed by atoms with van der Waals surface area (Å²) in [4.78, 5) is 31.9. The smallest absolute Gasteiger partial charge is 0.242 e. The van der Waals surface area contributed by atoms with Crippen molar-refractivity contribution in [2.45, 2.75) is 19.4 Å². The van der Waals surface area contributed by atoms with Gasteiger partial charge in [0.05, 0.1) is 12.8 Å². The summed E-state index contributed by atoms with van der Waals surface area (Å²) in [5, 5.41) is 8.84. The number of aromatic nitrogens is 2. The van der Waals surface area contributed by atoms with Gasteiger partial charge in [0.25, 0.3) is 0 Å². The number of carbonyl (C=O) groups excluding carboxylic acids is 2. The molecule has 1 saturated heterocycles. The van der Waals surface area contributed by atoms with E-state index in [0.717, 1.165) is 41.2 Å². The van der Waals surface area contributed by atoms with Crippen LogP contribution >= 0.6 is 0 Å². The average Bonchev–Trinajstić information content (AvgIpc) is 3.73. The van der Waals surface area contributed by atoms with E-state index < -0.39 is 0 Å². The third kappa shape index (κ3) is 5.59. The van der Waals surface area contributed by atoms with Crippen LogP contribution in [0.15, 0.2) is 54.6 Å². The predicted molar refractivity (Wildman–Crippen MR) is 144 cm³/mol. The van der Waals surface area contributed by atoms with Gasteiger partial charge in [-0.2, -0.15) is 0 Å². The number of amides is 2. The fourth-order valence-corrected chi connectivity index (χ4v) is 4.94. The van der Waals surface area contributed by atoms with Gasteiger partial charge >= 0.3 is 0 Å². The van der Waals surface area contributed by atoms with Crippen LogP contribution in [-0.2, 0) is 16.1 Å². The molecule has 0 spiro atoms. The Morgan fingerprint density at radius 2 is 1.79 bits per heavy atom. The Morgan fingerprint density at radius 1 is 0.974 bits per heavy atom. The van der Waals surface area contributed by atoms with Crippen LogP contribution in [0, 0.1) is 5.92 Å². The molecule has 39 heavy (non-hydrogen) atoms. The summed E-state index contributed by atoms with van der Waals surface area (Å²) < 4.78 is 16.2. The highest BCUT2D eigenvalue weighted by atomic mass is 16.7. The second kappa shape index (κ2) is 10.8. The zero-order chi connectivity index (χ0) is 26.8. The number of hydrogen-bond acceptors (Lipinski definition) is 8. The Bertz CT molecular complexity index is 1350. The SMILES string of the molecule is COc1cccc(-c2ccc(N3CCN(C(=O)CN(Cc4ccc5c(c4)OCO5)C(=O)C4CC4)CC3)nn2)c1. The van der Waals surface area contributed by atoms with Crippen LogP contribution in [0.25, 0.3) is 11.3 Å². The largest absolute Gasteiger partial charge is 0.497 e. The summed E-state index contributed by atoms with van der Waals surface area (Å²) in [5.41, 5.74) is 2.63. The Balaban J connectivity index is 1.06. The standard InChI is InChI=1S/C29H31N5O5/c1-37-23-4-2-3-22(16-23)24-8-10-27(31-30-24)32-11-13-33(14-12-32)28(35)18-34(29(36)21-6-7-21)17-20-5-9-25-26(15-20)39-19-38-25/h2-5,8-10,15-16,21H,6-7,11-14,17-19H2,1H3. The quantitative estimate of drug-likeness (QED) is 0.440. The number of nitrogens with zero attached hydrogens (tertiary/aromatic N) is 5. The number of rotatable bonds is 8. The summed E-state index contributed by atoms with van der Waals surface area (Å²) in [6.07, 6.45) is 1.78. The number of benzene rings is 2. The molecular weight excluding hydrogens is 498 g/mol. The van der Waals surface area contributed by atoms with E-state index in [-0.39, 0.29) is 31.1 Å². The number of fused-ring (bicyclic) bond motifs is 1. The Morgan fingerprint density at radius 3 is 2.54 bits per heavy atom. The molecule has 1 saturated carbocycles. The molecule has 0 radical (unpaired) electrons. The van der Waals surface area contributed by atoms with Crippen molar-refractivity contribution in [1.29, 1.82) is 0 Å². The van der Waals surface area contributed by atoms with Crippen LogP contribution < -0.4 is 19.1 Å². The first-order valence-electron chi connectivity index (χ1n) is 13.3. The summed E-state index contributed by atoms with van der Waals surface area (Å²) in [6.45, 7) is 3.06. The van der Waals surface area contributed by atoms with Crippen LogP contribution in [0.5, 0.6) is 17.2 Å². The van der Waals surface area contributed by atoms with E-state index in [1.165, 1.54) is 0 Å². The van der Waals surface area contributed by atoms with E-state index >= 15 is 0 Å². The zero-order valence-electron chi connectivity index (χ0n) is 21.9. The van der Waals surface area contributed by atoms with Gasteiger partial charge in [0.1, 0.15) is 12.3 Å². The lowest BCUT2D eigenvalue weighted by Gasteiger charge is -2.36. The molecule has 3 aliphatic rings. The van der Waals surface area contributed by atoms with Gasteiger partial charge in [-0.1, -0.05) is 18.2 Å². The van der Waals surface area contributed by atoms with Gasteiger partial charge in [0.2, 0.25) is 18.6 Å². The third-order valence-electron chi connectivity index (χ3n) is 7.35. The molecule has 2 aliphatic heterocycles. The summed E-state index contributed by atoms with van der Waals surface area (Å²) in [5.74, 6) is 2.97. The third-order valence-corrected chi connectivity index (χ3v) is 7.35. The zero-order valence-corrected chi connectivity index (χ0v) is 21.9. The summed E-state index contributed by atoms with van der Waals surface area (Å²) in [6, 6.07) is 17.3. The molecule has 0 N–H and O–H groups in total. The van der Waals surface area contributed by atoms with Crippen LogP contribution in [0.1, 0.15) is 18.4 Å². The number of hydrogen-bond donors (Lipinski definition) is 0. The monoisotopic (exact) mass is 529 g/mol. The molecule has 202 valence electrons. The highest BCUT2D eigenvalue weighted by Gasteiger charge is 2.35. The first kappa shape index (κ1) is 25.0. The van der Waals surface area contributed by atoms with E-state index in [9.17, 15) is 9.59 Å². The first-order valence-corrected chi connectivity index (χ1v) is 13.3. The number of anilines is 1. The molecule has 2 amide bonds. The topological polar surface area (TPSA) is 97.3 Å². The van der Waals surface area contributed by atoms with E-state index in [2.05, 4.69) is 15.1 Å². The van der Waals surface area contributed by atoms with E-state index in [4.69, 9.17) is 14.2 Å². The van der Waals surface area contributed by atoms with Crippen molar-refractivity contribution in [3.63, 3.8) is 0 Å². The number of carbonyl (C=O) groups is 2. The van der Waals surface area contributed by atoms with Crippen molar-refractivity contribution in [1.82, 2.24) is 20.0 Å². The second-order valence-corrected chi connectivity index (χ2v) is 10.0. The van der Waals surface area contributed by atoms with Crippen LogP contribution in [-0.4, -0.2) is 78.4 Å². The number of ether oxygens (including phenoxy) is 3. The van der Waals surface area contributed by atoms with Crippen molar-refractivity contribution >= 4 is 17.6 Å². The molecule has 10 heteroatoms. The van der Waals surface area contributed by atoms with Crippen molar-refractivity contribution in [2.75, 3.05) is 51.5 Å². The maximum absolute atomic E-state index is 13.3. The minimum atomic E-state index is -0.0381. The molecule has 3 heterocycles. The minimum Gasteiger partial charge on any atom is -0.497 e. The van der Waals surface area contributed by atoms with Crippen molar-refractivity contribution in [3.8, 4) is 28.5 Å². The predicted octanol–water partition coefficient (Wildman–Crippen LogP) is 2.97. The molecule has 2 fully saturated rings. The lowest BCUT2D eigenvalue weighted by Crippen LogP contribution is -2.52. The molecule has 0 bridgehead atoms. The van der Waals surface area contributed by atoms with Crippen LogP contribution in [0.2, 0.25) is 0 Å². The normalized spacial score (nSPS) is 16.2. The maximum atomic E-state index is 13.3. The molecular formula is C29H31N5O5. The van der Waals surface area contributed by atoms with Crippen LogP contribution in [0.3, 0.4) is 0 Å². The van der Waals surface area contributed by atoms with Gasteiger partial charge in [-0.25, -0.2) is 0 Å². The molecule has 0 atom stereocenters. The molecule has 0 unspecified atom stereocenters. The summed E-state index contributed by atoms with van der Waals surface area (Å²) >= 11 is 0. The van der Waals surface area contributed by atoms with E-state index in [0.29, 0.717) is 44.2 Å². The fourth-order valence-electron chi connectivity index (χ4n) is 4.94. The van der Waals surface area contributed by atoms with Gasteiger partial charge in [0, 0.05) is 44.2 Å².